The molecule has 8 heteroatoms. The van der Waals surface area contributed by atoms with Crippen LogP contribution in [0.1, 0.15) is 38.5 Å². The number of carbonyl (C=O) groups is 2. The van der Waals surface area contributed by atoms with Crippen LogP contribution in [0.5, 0.6) is 0 Å². The molecule has 0 unspecified atom stereocenters. The van der Waals surface area contributed by atoms with Gasteiger partial charge in [0.15, 0.2) is 6.61 Å². The fourth-order valence-electron chi connectivity index (χ4n) is 4.03. The molecule has 1 aliphatic heterocycles. The van der Waals surface area contributed by atoms with Crippen molar-refractivity contribution in [2.24, 2.45) is 0 Å². The number of anilines is 1. The van der Waals surface area contributed by atoms with E-state index in [0.717, 1.165) is 17.1 Å². The van der Waals surface area contributed by atoms with Crippen LogP contribution in [0.4, 0.5) is 5.69 Å². The number of ketones is 1. The van der Waals surface area contributed by atoms with Crippen molar-refractivity contribution in [1.29, 1.82) is 0 Å². The zero-order valence-electron chi connectivity index (χ0n) is 17.9. The molecule has 0 aliphatic carbocycles. The lowest BCUT2D eigenvalue weighted by Crippen LogP contribution is -2.25. The summed E-state index contributed by atoms with van der Waals surface area (Å²) < 4.78 is 32.8. The number of ether oxygens (including phenoxy) is 1. The smallest absolute Gasteiger partial charge is 0.338 e. The Bertz CT molecular complexity index is 1280. The molecule has 0 radical (unpaired) electrons. The third-order valence-corrected chi connectivity index (χ3v) is 7.42. The third kappa shape index (κ3) is 4.18. The first kappa shape index (κ1) is 21.8. The van der Waals surface area contributed by atoms with Crippen molar-refractivity contribution in [3.63, 3.8) is 0 Å². The monoisotopic (exact) mass is 452 g/mol. The number of rotatable bonds is 6. The largest absolute Gasteiger partial charge is 0.454 e. The summed E-state index contributed by atoms with van der Waals surface area (Å²) >= 11 is 0. The summed E-state index contributed by atoms with van der Waals surface area (Å²) in [5.74, 6) is -0.877. The second-order valence-electron chi connectivity index (χ2n) is 7.75. The zero-order valence-corrected chi connectivity index (χ0v) is 18.8. The van der Waals surface area contributed by atoms with Gasteiger partial charge in [-0.3, -0.25) is 9.10 Å². The molecular weight excluding hydrogens is 428 g/mol. The van der Waals surface area contributed by atoms with Crippen LogP contribution < -0.4 is 4.31 Å². The predicted molar refractivity (Wildman–Crippen MR) is 122 cm³/mol. The van der Waals surface area contributed by atoms with Crippen LogP contribution in [-0.2, 0) is 14.8 Å². The van der Waals surface area contributed by atoms with E-state index in [0.29, 0.717) is 24.2 Å². The number of Topliss-reactive ketones (excluding diaryl/α,β-unsaturated/α-hetero) is 1. The van der Waals surface area contributed by atoms with Crippen LogP contribution in [0, 0.1) is 13.8 Å². The summed E-state index contributed by atoms with van der Waals surface area (Å²) in [7, 11) is -3.35. The van der Waals surface area contributed by atoms with Gasteiger partial charge in [0.2, 0.25) is 15.8 Å². The molecule has 0 amide bonds. The molecule has 0 N–H and O–H groups in total. The Labute approximate surface area is 187 Å². The Morgan fingerprint density at radius 3 is 2.38 bits per heavy atom. The van der Waals surface area contributed by atoms with Gasteiger partial charge in [-0.1, -0.05) is 24.3 Å². The fourth-order valence-corrected chi connectivity index (χ4v) is 5.59. The topological polar surface area (TPSA) is 85.7 Å². The van der Waals surface area contributed by atoms with Crippen LogP contribution in [-0.4, -0.2) is 43.6 Å². The van der Waals surface area contributed by atoms with Crippen LogP contribution in [0.15, 0.2) is 60.7 Å². The molecule has 3 aromatic rings. The van der Waals surface area contributed by atoms with Gasteiger partial charge in [-0.2, -0.15) is 0 Å². The molecule has 2 heterocycles. The number of para-hydroxylation sites is 1. The molecule has 1 aromatic heterocycles. The second kappa shape index (κ2) is 8.63. The molecule has 1 aliphatic rings. The van der Waals surface area contributed by atoms with E-state index in [1.54, 1.807) is 24.3 Å². The zero-order chi connectivity index (χ0) is 22.9. The SMILES string of the molecule is Cc1cc(C(=O)COC(=O)c2cccc(N3CCCS3(=O)=O)c2)c(C)n1-c1ccccc1. The molecular formula is C24H24N2O5S. The molecule has 4 rings (SSSR count). The van der Waals surface area contributed by atoms with Gasteiger partial charge >= 0.3 is 5.97 Å². The number of benzene rings is 2. The van der Waals surface area contributed by atoms with E-state index in [4.69, 9.17) is 4.74 Å². The molecule has 2 aromatic carbocycles. The highest BCUT2D eigenvalue weighted by Crippen LogP contribution is 2.25. The average molecular weight is 453 g/mol. The van der Waals surface area contributed by atoms with Crippen molar-refractivity contribution >= 4 is 27.5 Å². The number of sulfonamides is 1. The van der Waals surface area contributed by atoms with Gasteiger partial charge in [0, 0.05) is 29.2 Å². The predicted octanol–water partition coefficient (Wildman–Crippen LogP) is 3.67. The Balaban J connectivity index is 1.47. The molecule has 0 atom stereocenters. The quantitative estimate of drug-likeness (QED) is 0.421. The lowest BCUT2D eigenvalue weighted by atomic mass is 10.1. The summed E-state index contributed by atoms with van der Waals surface area (Å²) in [6, 6.07) is 17.8. The normalized spacial score (nSPS) is 15.0. The van der Waals surface area contributed by atoms with Gasteiger partial charge in [-0.15, -0.1) is 0 Å². The van der Waals surface area contributed by atoms with Gasteiger partial charge < -0.3 is 9.30 Å². The summed E-state index contributed by atoms with van der Waals surface area (Å²) in [6.45, 7) is 3.76. The van der Waals surface area contributed by atoms with E-state index in [2.05, 4.69) is 0 Å². The van der Waals surface area contributed by atoms with Gasteiger partial charge in [0.05, 0.1) is 17.0 Å². The molecule has 32 heavy (non-hydrogen) atoms. The van der Waals surface area contributed by atoms with Gasteiger partial charge in [0.1, 0.15) is 0 Å². The van der Waals surface area contributed by atoms with Crippen molar-refractivity contribution in [1.82, 2.24) is 4.57 Å². The van der Waals surface area contributed by atoms with Crippen molar-refractivity contribution in [3.8, 4) is 5.69 Å². The van der Waals surface area contributed by atoms with Crippen LogP contribution in [0.25, 0.3) is 5.69 Å². The lowest BCUT2D eigenvalue weighted by molar-refractivity contribution is 0.0474. The minimum atomic E-state index is -3.35. The number of carbonyl (C=O) groups excluding carboxylic acids is 2. The molecule has 0 bridgehead atoms. The van der Waals surface area contributed by atoms with E-state index < -0.39 is 22.6 Å². The molecule has 0 saturated carbocycles. The molecule has 1 fully saturated rings. The van der Waals surface area contributed by atoms with Crippen molar-refractivity contribution < 1.29 is 22.7 Å². The third-order valence-electron chi connectivity index (χ3n) is 5.55. The Morgan fingerprint density at radius 2 is 1.69 bits per heavy atom. The minimum absolute atomic E-state index is 0.0948. The maximum atomic E-state index is 12.8. The highest BCUT2D eigenvalue weighted by Gasteiger charge is 2.29. The maximum Gasteiger partial charge on any atom is 0.338 e. The minimum Gasteiger partial charge on any atom is -0.454 e. The van der Waals surface area contributed by atoms with Crippen molar-refractivity contribution in [2.75, 3.05) is 23.2 Å². The maximum absolute atomic E-state index is 12.8. The standard InChI is InChI=1S/C24H24N2O5S/c1-17-14-22(18(2)26(17)20-9-4-3-5-10-20)23(27)16-31-24(28)19-8-6-11-21(15-19)25-12-7-13-32(25,29)30/h3-6,8-11,14-15H,7,12-13,16H2,1-2H3. The molecule has 7 nitrogen and oxygen atoms in total. The Hall–Kier alpha value is -3.39. The van der Waals surface area contributed by atoms with Gasteiger partial charge in [-0.05, 0) is 56.7 Å². The second-order valence-corrected chi connectivity index (χ2v) is 9.76. The number of aromatic nitrogens is 1. The highest BCUT2D eigenvalue weighted by atomic mass is 32.2. The van der Waals surface area contributed by atoms with E-state index in [-0.39, 0.29) is 17.1 Å². The lowest BCUT2D eigenvalue weighted by Gasteiger charge is -2.17. The highest BCUT2D eigenvalue weighted by molar-refractivity contribution is 7.93. The van der Waals surface area contributed by atoms with Crippen molar-refractivity contribution in [2.45, 2.75) is 20.3 Å². The number of hydrogen-bond acceptors (Lipinski definition) is 5. The summed E-state index contributed by atoms with van der Waals surface area (Å²) in [4.78, 5) is 25.3. The first-order valence-electron chi connectivity index (χ1n) is 10.3. The fraction of sp³-hybridized carbons (Fsp3) is 0.250. The summed E-state index contributed by atoms with van der Waals surface area (Å²) in [5, 5.41) is 0. The van der Waals surface area contributed by atoms with Crippen LogP contribution >= 0.6 is 0 Å². The molecule has 1 saturated heterocycles. The molecule has 166 valence electrons. The number of esters is 1. The van der Waals surface area contributed by atoms with Crippen LogP contribution in [0.2, 0.25) is 0 Å². The average Bonchev–Trinajstić information content (AvgIpc) is 3.29. The first-order valence-corrected chi connectivity index (χ1v) is 11.9. The Kier molecular flexibility index (Phi) is 5.88. The van der Waals surface area contributed by atoms with Crippen LogP contribution in [0.3, 0.4) is 0 Å². The summed E-state index contributed by atoms with van der Waals surface area (Å²) in [6.07, 6.45) is 0.549. The number of nitrogens with zero attached hydrogens (tertiary/aromatic N) is 2. The van der Waals surface area contributed by atoms with Gasteiger partial charge in [-0.25, -0.2) is 13.2 Å². The van der Waals surface area contributed by atoms with E-state index in [9.17, 15) is 18.0 Å². The van der Waals surface area contributed by atoms with E-state index in [1.807, 2.05) is 48.7 Å². The van der Waals surface area contributed by atoms with E-state index in [1.165, 1.54) is 10.4 Å². The Morgan fingerprint density at radius 1 is 0.969 bits per heavy atom. The van der Waals surface area contributed by atoms with E-state index >= 15 is 0 Å². The molecule has 0 spiro atoms. The number of aryl methyl sites for hydroxylation is 1. The first-order chi connectivity index (χ1) is 15.3. The number of hydrogen-bond donors (Lipinski definition) is 0. The van der Waals surface area contributed by atoms with Gasteiger partial charge in [0.25, 0.3) is 0 Å². The summed E-state index contributed by atoms with van der Waals surface area (Å²) in [5.41, 5.74) is 3.75. The van der Waals surface area contributed by atoms with Crippen molar-refractivity contribution in [3.05, 3.63) is 83.2 Å².